The normalized spacial score (nSPS) is 20.3. The quantitative estimate of drug-likeness (QED) is 0.238. The summed E-state index contributed by atoms with van der Waals surface area (Å²) < 4.78 is 19.9. The molecule has 2 fully saturated rings. The Hall–Kier alpha value is -3.64. The zero-order chi connectivity index (χ0) is 29.2. The van der Waals surface area contributed by atoms with Gasteiger partial charge < -0.3 is 10.2 Å². The highest BCUT2D eigenvalue weighted by Gasteiger charge is 2.58. The molecule has 1 aromatic carbocycles. The smallest absolute Gasteiger partial charge is 0.281 e. The zero-order valence-electron chi connectivity index (χ0n) is 23.3. The molecule has 214 valence electrons. The molecular weight excluding hydrogens is 567 g/mol. The lowest BCUT2D eigenvalue weighted by atomic mass is 10.0. The molecule has 4 heterocycles. The average molecular weight is 597 g/mol. The van der Waals surface area contributed by atoms with E-state index in [4.69, 9.17) is 16.6 Å². The first-order valence-corrected chi connectivity index (χ1v) is 14.9. The van der Waals surface area contributed by atoms with Gasteiger partial charge in [0.1, 0.15) is 5.15 Å². The van der Waals surface area contributed by atoms with Gasteiger partial charge >= 0.3 is 0 Å². The molecule has 3 atom stereocenters. The van der Waals surface area contributed by atoms with Crippen molar-refractivity contribution in [1.29, 1.82) is 0 Å². The highest BCUT2D eigenvalue weighted by molar-refractivity contribution is 7.97. The first-order valence-electron chi connectivity index (χ1n) is 13.3. The Morgan fingerprint density at radius 3 is 2.59 bits per heavy atom. The van der Waals surface area contributed by atoms with Crippen molar-refractivity contribution in [2.24, 2.45) is 18.9 Å². The molecule has 1 saturated heterocycles. The number of pyridine rings is 1. The topological polar surface area (TPSA) is 110 Å². The molecular formula is C28H30ClFN8O2S. The number of hydrogen-bond acceptors (Lipinski definition) is 8. The van der Waals surface area contributed by atoms with Crippen LogP contribution in [0.3, 0.4) is 0 Å². The summed E-state index contributed by atoms with van der Waals surface area (Å²) in [5.41, 5.74) is 3.33. The van der Waals surface area contributed by atoms with Crippen LogP contribution >= 0.6 is 23.5 Å². The molecule has 0 radical (unpaired) electrons. The Morgan fingerprint density at radius 1 is 1.20 bits per heavy atom. The number of nitrogens with zero attached hydrogens (tertiary/aromatic N) is 6. The third-order valence-corrected chi connectivity index (χ3v) is 8.63. The molecule has 41 heavy (non-hydrogen) atoms. The van der Waals surface area contributed by atoms with E-state index < -0.39 is 0 Å². The van der Waals surface area contributed by atoms with Crippen LogP contribution in [-0.2, 0) is 7.05 Å². The number of aromatic nitrogens is 5. The molecule has 2 aliphatic rings. The molecule has 13 heteroatoms. The monoisotopic (exact) mass is 596 g/mol. The molecule has 10 nitrogen and oxygen atoms in total. The number of halogens is 2. The van der Waals surface area contributed by atoms with Crippen molar-refractivity contribution in [3.8, 4) is 0 Å². The van der Waals surface area contributed by atoms with Gasteiger partial charge in [-0.05, 0) is 44.5 Å². The van der Waals surface area contributed by atoms with Crippen LogP contribution in [0.1, 0.15) is 46.3 Å². The first kappa shape index (κ1) is 27.5. The molecule has 1 amide bonds. The van der Waals surface area contributed by atoms with Gasteiger partial charge in [-0.1, -0.05) is 29.6 Å². The van der Waals surface area contributed by atoms with Crippen LogP contribution in [0.4, 0.5) is 16.0 Å². The number of benzene rings is 1. The van der Waals surface area contributed by atoms with E-state index in [9.17, 15) is 14.0 Å². The van der Waals surface area contributed by atoms with Crippen molar-refractivity contribution in [2.75, 3.05) is 29.6 Å². The number of carbonyl (C=O) groups is 1. The summed E-state index contributed by atoms with van der Waals surface area (Å²) in [5, 5.41) is 8.46. The van der Waals surface area contributed by atoms with E-state index in [0.717, 1.165) is 11.1 Å². The maximum Gasteiger partial charge on any atom is 0.281 e. The summed E-state index contributed by atoms with van der Waals surface area (Å²) in [5.74, 6) is 0.589. The highest BCUT2D eigenvalue weighted by Crippen LogP contribution is 2.55. The fraction of sp³-hybridized carbons (Fsp3) is 0.393. The lowest BCUT2D eigenvalue weighted by Crippen LogP contribution is -2.33. The first-order chi connectivity index (χ1) is 19.6. The second-order valence-electron chi connectivity index (χ2n) is 10.8. The van der Waals surface area contributed by atoms with Gasteiger partial charge in [-0.2, -0.15) is 5.10 Å². The van der Waals surface area contributed by atoms with Gasteiger partial charge in [0.2, 0.25) is 5.95 Å². The molecule has 2 N–H and O–H groups in total. The van der Waals surface area contributed by atoms with Gasteiger partial charge in [0.05, 0.1) is 40.6 Å². The van der Waals surface area contributed by atoms with Crippen molar-refractivity contribution in [2.45, 2.75) is 32.9 Å². The standard InChI is InChI=1S/C28H30ClFN8O2S/c1-13-8-16(14(2)31-21-6-7-22(29)32-24(21)26(39)35-41-5)23-17(9-13)27(40)36(4)28(33-23)37-10-18-19(11-37)25(18)38-12-20(30)15(3)34-38/h6-9,12,14,18-19,25,31H,10-11H2,1-5H3,(H,35,39). The fourth-order valence-corrected chi connectivity index (χ4v) is 6.42. The molecule has 3 aromatic heterocycles. The summed E-state index contributed by atoms with van der Waals surface area (Å²) in [6.45, 7) is 6.99. The second kappa shape index (κ2) is 10.3. The molecule has 1 saturated carbocycles. The van der Waals surface area contributed by atoms with Gasteiger partial charge in [0, 0.05) is 43.8 Å². The minimum atomic E-state index is -0.364. The van der Waals surface area contributed by atoms with Crippen LogP contribution in [0.25, 0.3) is 10.9 Å². The van der Waals surface area contributed by atoms with Gasteiger partial charge in [-0.15, -0.1) is 0 Å². The van der Waals surface area contributed by atoms with Crippen molar-refractivity contribution in [3.63, 3.8) is 0 Å². The Kier molecular flexibility index (Phi) is 6.93. The Balaban J connectivity index is 1.33. The summed E-state index contributed by atoms with van der Waals surface area (Å²) in [6, 6.07) is 7.06. The lowest BCUT2D eigenvalue weighted by molar-refractivity contribution is 0.0980. The summed E-state index contributed by atoms with van der Waals surface area (Å²) in [6.07, 6.45) is 3.23. The molecule has 1 aliphatic heterocycles. The third kappa shape index (κ3) is 4.82. The van der Waals surface area contributed by atoms with Crippen molar-refractivity contribution >= 4 is 52.0 Å². The van der Waals surface area contributed by atoms with Crippen molar-refractivity contribution < 1.29 is 9.18 Å². The zero-order valence-corrected chi connectivity index (χ0v) is 24.8. The van der Waals surface area contributed by atoms with Gasteiger partial charge in [-0.3, -0.25) is 23.6 Å². The third-order valence-electron chi connectivity index (χ3n) is 8.03. The fourth-order valence-electron chi connectivity index (χ4n) is 5.99. The highest BCUT2D eigenvalue weighted by atomic mass is 35.5. The largest absolute Gasteiger partial charge is 0.377 e. The van der Waals surface area contributed by atoms with Gasteiger partial charge in [-0.25, -0.2) is 14.4 Å². The van der Waals surface area contributed by atoms with Crippen LogP contribution < -0.4 is 20.5 Å². The average Bonchev–Trinajstić information content (AvgIpc) is 3.23. The Bertz CT molecular complexity index is 1730. The van der Waals surface area contributed by atoms with E-state index in [0.29, 0.717) is 53.2 Å². The van der Waals surface area contributed by atoms with Gasteiger partial charge in [0.25, 0.3) is 11.5 Å². The van der Waals surface area contributed by atoms with E-state index in [2.05, 4.69) is 25.0 Å². The molecule has 3 unspecified atom stereocenters. The predicted molar refractivity (Wildman–Crippen MR) is 159 cm³/mol. The van der Waals surface area contributed by atoms with Crippen LogP contribution in [0.5, 0.6) is 0 Å². The molecule has 4 aromatic rings. The maximum absolute atomic E-state index is 13.9. The van der Waals surface area contributed by atoms with Crippen LogP contribution in [0.2, 0.25) is 5.15 Å². The number of carbonyl (C=O) groups excluding carboxylic acids is 1. The number of hydrogen-bond donors (Lipinski definition) is 2. The second-order valence-corrected chi connectivity index (χ2v) is 11.8. The van der Waals surface area contributed by atoms with E-state index in [1.54, 1.807) is 41.6 Å². The molecule has 1 aliphatic carbocycles. The summed E-state index contributed by atoms with van der Waals surface area (Å²) >= 11 is 7.27. The summed E-state index contributed by atoms with van der Waals surface area (Å²) in [4.78, 5) is 37.7. The molecule has 0 bridgehead atoms. The van der Waals surface area contributed by atoms with Gasteiger partial charge in [0.15, 0.2) is 11.5 Å². The summed E-state index contributed by atoms with van der Waals surface area (Å²) in [7, 11) is 1.75. The molecule has 6 rings (SSSR count). The lowest BCUT2D eigenvalue weighted by Gasteiger charge is -2.25. The number of amides is 1. The molecule has 0 spiro atoms. The minimum Gasteiger partial charge on any atom is -0.377 e. The number of anilines is 2. The van der Waals surface area contributed by atoms with E-state index >= 15 is 0 Å². The van der Waals surface area contributed by atoms with Crippen LogP contribution in [0, 0.1) is 31.5 Å². The van der Waals surface area contributed by atoms with Crippen LogP contribution in [-0.4, -0.2) is 49.6 Å². The minimum absolute atomic E-state index is 0.128. The number of aryl methyl sites for hydroxylation is 2. The number of rotatable bonds is 7. The van der Waals surface area contributed by atoms with E-state index in [1.165, 1.54) is 18.1 Å². The number of nitrogens with one attached hydrogen (secondary N) is 2. The van der Waals surface area contributed by atoms with E-state index in [-0.39, 0.29) is 40.2 Å². The maximum atomic E-state index is 13.9. The van der Waals surface area contributed by atoms with Crippen molar-refractivity contribution in [3.05, 3.63) is 74.3 Å². The SMILES string of the molecule is CSNC(=O)c1nc(Cl)ccc1NC(C)c1cc(C)cc2c(=O)n(C)c(N3CC4C(C3)C4n3cc(F)c(C)n3)nc12. The Labute approximate surface area is 245 Å². The van der Waals surface area contributed by atoms with E-state index in [1.807, 2.05) is 26.0 Å². The number of piperidine rings is 1. The van der Waals surface area contributed by atoms with Crippen molar-refractivity contribution in [1.82, 2.24) is 29.0 Å². The van der Waals surface area contributed by atoms with Crippen LogP contribution in [0.15, 0.2) is 35.3 Å². The number of fused-ring (bicyclic) bond motifs is 2. The predicted octanol–water partition coefficient (Wildman–Crippen LogP) is 4.42. The Morgan fingerprint density at radius 2 is 1.93 bits per heavy atom.